The van der Waals surface area contributed by atoms with Crippen molar-refractivity contribution in [2.24, 2.45) is 0 Å². The maximum Gasteiger partial charge on any atom is 0.409 e. The second kappa shape index (κ2) is 13.6. The SMILES string of the molecule is Cc1cccc(C)c1B1N(c2ccccn2)c2[c-]c(Oc3[c-]c4c(cc3)[Si](C)(C)c3cccc5c3n-4[c-][n+]5-c3ccccc3)ccc2N1c1ccccc1.[Pt]. The number of hydrogen-bond donors (Lipinski definition) is 0. The summed E-state index contributed by atoms with van der Waals surface area (Å²) in [6.07, 6.45) is 5.53. The fourth-order valence-electron chi connectivity index (χ4n) is 8.42. The third-order valence-corrected chi connectivity index (χ3v) is 14.5. The Labute approximate surface area is 337 Å². The molecule has 0 saturated heterocycles. The third kappa shape index (κ3) is 5.58. The Bertz CT molecular complexity index is 2700. The number of aromatic nitrogens is 3. The second-order valence-electron chi connectivity index (χ2n) is 14.6. The Morgan fingerprint density at radius 2 is 1.33 bits per heavy atom. The molecule has 0 saturated carbocycles. The van der Waals surface area contributed by atoms with Gasteiger partial charge in [0.15, 0.2) is 0 Å². The van der Waals surface area contributed by atoms with E-state index >= 15 is 0 Å². The van der Waals surface area contributed by atoms with Crippen LogP contribution in [0.2, 0.25) is 13.1 Å². The van der Waals surface area contributed by atoms with Crippen LogP contribution < -0.4 is 34.8 Å². The molecule has 2 aromatic heterocycles. The minimum Gasteiger partial charge on any atom is -0.510 e. The van der Waals surface area contributed by atoms with Gasteiger partial charge < -0.3 is 18.9 Å². The van der Waals surface area contributed by atoms with Crippen LogP contribution in [0.25, 0.3) is 22.4 Å². The Balaban J connectivity index is 0.00000397. The van der Waals surface area contributed by atoms with Crippen LogP contribution in [0, 0.1) is 32.3 Å². The number of rotatable bonds is 6. The van der Waals surface area contributed by atoms with E-state index in [2.05, 4.69) is 179 Å². The van der Waals surface area contributed by atoms with E-state index in [9.17, 15) is 0 Å². The predicted octanol–water partition coefficient (Wildman–Crippen LogP) is 7.93. The van der Waals surface area contributed by atoms with E-state index in [0.29, 0.717) is 11.5 Å². The van der Waals surface area contributed by atoms with Crippen molar-refractivity contribution in [3.63, 3.8) is 0 Å². The summed E-state index contributed by atoms with van der Waals surface area (Å²) in [6, 6.07) is 56.1. The van der Waals surface area contributed by atoms with Gasteiger partial charge in [-0.15, -0.1) is 35.5 Å². The zero-order valence-electron chi connectivity index (χ0n) is 30.9. The van der Waals surface area contributed by atoms with E-state index in [0.717, 1.165) is 39.8 Å². The number of ether oxygens (including phenoxy) is 1. The van der Waals surface area contributed by atoms with Crippen molar-refractivity contribution in [2.45, 2.75) is 26.9 Å². The van der Waals surface area contributed by atoms with Gasteiger partial charge in [-0.3, -0.25) is 4.57 Å². The Hall–Kier alpha value is -5.69. The van der Waals surface area contributed by atoms with Crippen molar-refractivity contribution < 1.29 is 30.4 Å². The second-order valence-corrected chi connectivity index (χ2v) is 18.9. The van der Waals surface area contributed by atoms with Gasteiger partial charge in [-0.25, -0.2) is 4.98 Å². The van der Waals surface area contributed by atoms with E-state index in [1.165, 1.54) is 32.5 Å². The van der Waals surface area contributed by atoms with E-state index in [1.54, 1.807) is 0 Å². The smallest absolute Gasteiger partial charge is 0.409 e. The fraction of sp³-hybridized carbons (Fsp3) is 0.0870. The van der Waals surface area contributed by atoms with Crippen LogP contribution in [0.15, 0.2) is 146 Å². The number of para-hydroxylation sites is 3. The molecule has 10 rings (SSSR count). The van der Waals surface area contributed by atoms with Gasteiger partial charge in [-0.1, -0.05) is 120 Å². The van der Waals surface area contributed by atoms with E-state index in [-0.39, 0.29) is 28.0 Å². The van der Waals surface area contributed by atoms with Gasteiger partial charge in [0.1, 0.15) is 5.82 Å². The molecule has 6 nitrogen and oxygen atoms in total. The van der Waals surface area contributed by atoms with Crippen molar-refractivity contribution in [3.8, 4) is 22.9 Å². The van der Waals surface area contributed by atoms with Gasteiger partial charge in [0.2, 0.25) is 0 Å². The van der Waals surface area contributed by atoms with Crippen LogP contribution in [0.1, 0.15) is 11.1 Å². The standard InChI is InChI=1S/C46H36BN5OSi.Pt/c1-32-15-13-16-33(2)45(32)47-51(35-19-9-6-10-20-35)38-26-24-36(29-40(38)52(47)44-23-11-12-28-48-44)53-37-25-27-42-41(30-37)50-31-49(34-17-7-5-8-18-34)39-21-14-22-43(46(39)50)54(42,3)4;/h5-28H,1-4H3;/q-2;. The summed E-state index contributed by atoms with van der Waals surface area (Å²) in [7, 11) is -2.08. The summed E-state index contributed by atoms with van der Waals surface area (Å²) in [5, 5.41) is 2.69. The maximum atomic E-state index is 6.73. The Morgan fingerprint density at radius 3 is 2.05 bits per heavy atom. The molecule has 6 aromatic carbocycles. The molecule has 0 unspecified atom stereocenters. The molecule has 0 spiro atoms. The molecule has 55 heavy (non-hydrogen) atoms. The quantitative estimate of drug-likeness (QED) is 0.0967. The van der Waals surface area contributed by atoms with Crippen molar-refractivity contribution >= 4 is 64.8 Å². The molecule has 9 heteroatoms. The summed E-state index contributed by atoms with van der Waals surface area (Å²) in [6.45, 7) is 9.02. The Kier molecular flexibility index (Phi) is 8.64. The normalized spacial score (nSPS) is 13.7. The minimum absolute atomic E-state index is 0. The molecular formula is C46H36BN5OPtSi-2. The van der Waals surface area contributed by atoms with Crippen LogP contribution in [-0.4, -0.2) is 24.6 Å². The van der Waals surface area contributed by atoms with Crippen molar-refractivity contribution in [1.29, 1.82) is 0 Å². The van der Waals surface area contributed by atoms with Crippen LogP contribution in [0.3, 0.4) is 0 Å². The number of imidazole rings is 1. The van der Waals surface area contributed by atoms with Gasteiger partial charge in [-0.05, 0) is 61.4 Å². The van der Waals surface area contributed by atoms with Crippen molar-refractivity contribution in [2.75, 3.05) is 9.62 Å². The van der Waals surface area contributed by atoms with Crippen LogP contribution in [-0.2, 0) is 21.1 Å². The molecule has 4 heterocycles. The molecule has 0 aliphatic carbocycles. The molecule has 0 atom stereocenters. The first-order valence-electron chi connectivity index (χ1n) is 18.4. The molecule has 270 valence electrons. The number of anilines is 4. The monoisotopic (exact) mass is 908 g/mol. The molecular weight excluding hydrogens is 873 g/mol. The van der Waals surface area contributed by atoms with E-state index in [1.807, 2.05) is 30.5 Å². The molecule has 2 aliphatic heterocycles. The number of pyridine rings is 1. The average Bonchev–Trinajstić information content (AvgIpc) is 3.75. The first-order chi connectivity index (χ1) is 26.4. The number of hydrogen-bond acceptors (Lipinski definition) is 4. The molecule has 0 amide bonds. The van der Waals surface area contributed by atoms with Gasteiger partial charge in [0.05, 0.1) is 16.7 Å². The largest absolute Gasteiger partial charge is 0.510 e. The van der Waals surface area contributed by atoms with Gasteiger partial charge >= 0.3 is 6.98 Å². The van der Waals surface area contributed by atoms with Crippen molar-refractivity contribution in [3.05, 3.63) is 175 Å². The van der Waals surface area contributed by atoms with E-state index in [4.69, 9.17) is 9.72 Å². The molecule has 0 bridgehead atoms. The maximum absolute atomic E-state index is 6.73. The summed E-state index contributed by atoms with van der Waals surface area (Å²) in [5.74, 6) is 2.07. The minimum atomic E-state index is -2.08. The zero-order valence-corrected chi connectivity index (χ0v) is 34.2. The number of nitrogens with zero attached hydrogens (tertiary/aromatic N) is 5. The summed E-state index contributed by atoms with van der Waals surface area (Å²) in [4.78, 5) is 9.57. The molecule has 0 fully saturated rings. The first-order valence-corrected chi connectivity index (χ1v) is 21.4. The summed E-state index contributed by atoms with van der Waals surface area (Å²) >= 11 is 0. The number of benzene rings is 6. The predicted molar refractivity (Wildman–Crippen MR) is 221 cm³/mol. The van der Waals surface area contributed by atoms with Crippen LogP contribution in [0.4, 0.5) is 22.9 Å². The molecule has 0 radical (unpaired) electrons. The van der Waals surface area contributed by atoms with E-state index < -0.39 is 8.07 Å². The fourth-order valence-corrected chi connectivity index (χ4v) is 11.3. The third-order valence-electron chi connectivity index (χ3n) is 11.0. The first kappa shape index (κ1) is 35.0. The zero-order chi connectivity index (χ0) is 36.6. The van der Waals surface area contributed by atoms with Gasteiger partial charge in [-0.2, -0.15) is 6.07 Å². The summed E-state index contributed by atoms with van der Waals surface area (Å²) in [5.41, 5.74) is 11.1. The number of fused-ring (bicyclic) bond motifs is 3. The molecule has 0 N–H and O–H groups in total. The number of aryl methyl sites for hydroxylation is 2. The van der Waals surface area contributed by atoms with Crippen molar-refractivity contribution in [1.82, 2.24) is 9.55 Å². The Morgan fingerprint density at radius 1 is 0.655 bits per heavy atom. The van der Waals surface area contributed by atoms with Gasteiger partial charge in [0, 0.05) is 52.5 Å². The van der Waals surface area contributed by atoms with Crippen LogP contribution in [0.5, 0.6) is 11.5 Å². The average molecular weight is 909 g/mol. The summed E-state index contributed by atoms with van der Waals surface area (Å²) < 4.78 is 11.1. The molecule has 8 aromatic rings. The van der Waals surface area contributed by atoms with Crippen LogP contribution >= 0.6 is 0 Å². The molecule has 2 aliphatic rings. The topological polar surface area (TPSA) is 37.4 Å². The van der Waals surface area contributed by atoms with Gasteiger partial charge in [0.25, 0.3) is 6.33 Å².